The smallest absolute Gasteiger partial charge is 0.105 e. The van der Waals surface area contributed by atoms with Gasteiger partial charge in [-0.2, -0.15) is 0 Å². The number of aryl methyl sites for hydroxylation is 2. The lowest BCUT2D eigenvalue weighted by atomic mass is 10.1. The third kappa shape index (κ3) is 3.36. The van der Waals surface area contributed by atoms with E-state index >= 15 is 0 Å². The number of halogens is 1. The van der Waals surface area contributed by atoms with Crippen molar-refractivity contribution in [3.05, 3.63) is 56.5 Å². The molecule has 0 aliphatic rings. The first-order valence-electron chi connectivity index (χ1n) is 6.11. The lowest BCUT2D eigenvalue weighted by Gasteiger charge is -2.13. The van der Waals surface area contributed by atoms with Crippen molar-refractivity contribution in [1.82, 2.24) is 5.32 Å². The van der Waals surface area contributed by atoms with Crippen LogP contribution in [0.3, 0.4) is 0 Å². The Kier molecular flexibility index (Phi) is 4.45. The van der Waals surface area contributed by atoms with Crippen LogP contribution >= 0.6 is 22.6 Å². The van der Waals surface area contributed by atoms with Crippen molar-refractivity contribution < 1.29 is 4.42 Å². The molecular weight excluding hydrogens is 337 g/mol. The standard InChI is InChI=1S/C15H18INO/c1-10-8-15(12(3)18-10)11(2)17-9-13-4-6-14(16)7-5-13/h4-8,11,17H,9H2,1-3H3. The maximum Gasteiger partial charge on any atom is 0.105 e. The predicted octanol–water partition coefficient (Wildman–Crippen LogP) is 4.35. The van der Waals surface area contributed by atoms with E-state index in [0.29, 0.717) is 6.04 Å². The zero-order valence-electron chi connectivity index (χ0n) is 11.0. The topological polar surface area (TPSA) is 25.2 Å². The van der Waals surface area contributed by atoms with Crippen LogP contribution in [0.2, 0.25) is 0 Å². The van der Waals surface area contributed by atoms with Crippen molar-refractivity contribution in [1.29, 1.82) is 0 Å². The molecule has 0 bridgehead atoms. The molecule has 3 heteroatoms. The average molecular weight is 355 g/mol. The lowest BCUT2D eigenvalue weighted by molar-refractivity contribution is 0.489. The normalized spacial score (nSPS) is 12.7. The highest BCUT2D eigenvalue weighted by Gasteiger charge is 2.11. The second kappa shape index (κ2) is 5.89. The van der Waals surface area contributed by atoms with E-state index in [-0.39, 0.29) is 0 Å². The van der Waals surface area contributed by atoms with E-state index in [2.05, 4.69) is 65.2 Å². The largest absolute Gasteiger partial charge is 0.466 e. The van der Waals surface area contributed by atoms with E-state index in [1.54, 1.807) is 0 Å². The molecule has 0 saturated carbocycles. The number of hydrogen-bond donors (Lipinski definition) is 1. The van der Waals surface area contributed by atoms with E-state index in [0.717, 1.165) is 18.1 Å². The van der Waals surface area contributed by atoms with E-state index < -0.39 is 0 Å². The van der Waals surface area contributed by atoms with Gasteiger partial charge >= 0.3 is 0 Å². The molecule has 1 aromatic carbocycles. The second-order valence-corrected chi connectivity index (χ2v) is 5.84. The lowest BCUT2D eigenvalue weighted by Crippen LogP contribution is -2.18. The summed E-state index contributed by atoms with van der Waals surface area (Å²) in [7, 11) is 0. The van der Waals surface area contributed by atoms with Gasteiger partial charge in [0.25, 0.3) is 0 Å². The minimum atomic E-state index is 0.307. The van der Waals surface area contributed by atoms with Crippen molar-refractivity contribution in [2.24, 2.45) is 0 Å². The molecule has 1 aromatic heterocycles. The van der Waals surface area contributed by atoms with Crippen molar-refractivity contribution >= 4 is 22.6 Å². The molecule has 0 aliphatic heterocycles. The number of nitrogens with one attached hydrogen (secondary N) is 1. The molecule has 18 heavy (non-hydrogen) atoms. The van der Waals surface area contributed by atoms with Gasteiger partial charge in [-0.05, 0) is 67.1 Å². The molecule has 0 saturated heterocycles. The maximum absolute atomic E-state index is 5.56. The quantitative estimate of drug-likeness (QED) is 0.825. The molecule has 2 nitrogen and oxygen atoms in total. The molecule has 1 N–H and O–H groups in total. The van der Waals surface area contributed by atoms with Crippen LogP contribution in [0, 0.1) is 17.4 Å². The summed E-state index contributed by atoms with van der Waals surface area (Å²) < 4.78 is 6.83. The van der Waals surface area contributed by atoms with Gasteiger partial charge in [0.05, 0.1) is 0 Å². The van der Waals surface area contributed by atoms with Crippen molar-refractivity contribution in [2.45, 2.75) is 33.4 Å². The van der Waals surface area contributed by atoms with Gasteiger partial charge in [-0.3, -0.25) is 0 Å². The minimum absolute atomic E-state index is 0.307. The Balaban J connectivity index is 1.98. The third-order valence-corrected chi connectivity index (χ3v) is 3.79. The van der Waals surface area contributed by atoms with Gasteiger partial charge in [-0.25, -0.2) is 0 Å². The Morgan fingerprint density at radius 2 is 1.89 bits per heavy atom. The number of hydrogen-bond acceptors (Lipinski definition) is 2. The van der Waals surface area contributed by atoms with Gasteiger partial charge in [0.15, 0.2) is 0 Å². The highest BCUT2D eigenvalue weighted by atomic mass is 127. The van der Waals surface area contributed by atoms with Gasteiger partial charge in [0.1, 0.15) is 11.5 Å². The minimum Gasteiger partial charge on any atom is -0.466 e. The predicted molar refractivity (Wildman–Crippen MR) is 82.6 cm³/mol. The van der Waals surface area contributed by atoms with Gasteiger partial charge in [0, 0.05) is 21.7 Å². The fourth-order valence-corrected chi connectivity index (χ4v) is 2.42. The van der Waals surface area contributed by atoms with Crippen LogP contribution < -0.4 is 5.32 Å². The first-order valence-corrected chi connectivity index (χ1v) is 7.19. The van der Waals surface area contributed by atoms with Gasteiger partial charge < -0.3 is 9.73 Å². The molecule has 1 unspecified atom stereocenters. The average Bonchev–Trinajstić information content (AvgIpc) is 2.67. The van der Waals surface area contributed by atoms with E-state index in [1.165, 1.54) is 14.7 Å². The second-order valence-electron chi connectivity index (χ2n) is 4.60. The SMILES string of the molecule is Cc1cc(C(C)NCc2ccc(I)cc2)c(C)o1. The Morgan fingerprint density at radius 3 is 2.44 bits per heavy atom. The molecule has 0 fully saturated rings. The molecule has 1 atom stereocenters. The molecule has 2 rings (SSSR count). The third-order valence-electron chi connectivity index (χ3n) is 3.07. The van der Waals surface area contributed by atoms with Crippen LogP contribution in [0.1, 0.15) is 35.6 Å². The van der Waals surface area contributed by atoms with Crippen molar-refractivity contribution in [3.63, 3.8) is 0 Å². The Bertz CT molecular complexity index is 516. The fraction of sp³-hybridized carbons (Fsp3) is 0.333. The van der Waals surface area contributed by atoms with Gasteiger partial charge in [-0.1, -0.05) is 12.1 Å². The Morgan fingerprint density at radius 1 is 1.22 bits per heavy atom. The zero-order valence-corrected chi connectivity index (χ0v) is 13.1. The van der Waals surface area contributed by atoms with Crippen LogP contribution in [0.4, 0.5) is 0 Å². The summed E-state index contributed by atoms with van der Waals surface area (Å²) in [5.41, 5.74) is 2.55. The number of rotatable bonds is 4. The molecule has 0 radical (unpaired) electrons. The van der Waals surface area contributed by atoms with E-state index in [4.69, 9.17) is 4.42 Å². The van der Waals surface area contributed by atoms with Crippen LogP contribution in [0.5, 0.6) is 0 Å². The summed E-state index contributed by atoms with van der Waals surface area (Å²) >= 11 is 2.32. The summed E-state index contributed by atoms with van der Waals surface area (Å²) in [6, 6.07) is 11.0. The maximum atomic E-state index is 5.56. The van der Waals surface area contributed by atoms with Crippen LogP contribution in [-0.2, 0) is 6.54 Å². The summed E-state index contributed by atoms with van der Waals surface area (Å²) in [6.07, 6.45) is 0. The summed E-state index contributed by atoms with van der Waals surface area (Å²) in [5, 5.41) is 3.53. The molecular formula is C15H18INO. The zero-order chi connectivity index (χ0) is 13.1. The Labute approximate surface area is 122 Å². The van der Waals surface area contributed by atoms with Crippen molar-refractivity contribution in [2.75, 3.05) is 0 Å². The fourth-order valence-electron chi connectivity index (χ4n) is 2.06. The van der Waals surface area contributed by atoms with Crippen LogP contribution in [-0.4, -0.2) is 0 Å². The van der Waals surface area contributed by atoms with Gasteiger partial charge in [0.2, 0.25) is 0 Å². The van der Waals surface area contributed by atoms with Gasteiger partial charge in [-0.15, -0.1) is 0 Å². The molecule has 96 valence electrons. The highest BCUT2D eigenvalue weighted by molar-refractivity contribution is 14.1. The van der Waals surface area contributed by atoms with Crippen LogP contribution in [0.15, 0.2) is 34.7 Å². The van der Waals surface area contributed by atoms with Crippen molar-refractivity contribution in [3.8, 4) is 0 Å². The van der Waals surface area contributed by atoms with Crippen LogP contribution in [0.25, 0.3) is 0 Å². The summed E-state index contributed by atoms with van der Waals surface area (Å²) in [4.78, 5) is 0. The highest BCUT2D eigenvalue weighted by Crippen LogP contribution is 2.21. The molecule has 2 aromatic rings. The molecule has 1 heterocycles. The Hall–Kier alpha value is -0.810. The van der Waals surface area contributed by atoms with E-state index in [9.17, 15) is 0 Å². The summed E-state index contributed by atoms with van der Waals surface area (Å²) in [5.74, 6) is 1.99. The number of furan rings is 1. The molecule has 0 amide bonds. The molecule has 0 aliphatic carbocycles. The first-order chi connectivity index (χ1) is 8.56. The van der Waals surface area contributed by atoms with E-state index in [1.807, 2.05) is 13.8 Å². The molecule has 0 spiro atoms. The number of benzene rings is 1. The first kappa shape index (κ1) is 13.6. The summed E-state index contributed by atoms with van der Waals surface area (Å²) in [6.45, 7) is 7.06. The monoisotopic (exact) mass is 355 g/mol.